The predicted octanol–water partition coefficient (Wildman–Crippen LogP) is 4.19. The van der Waals surface area contributed by atoms with Gasteiger partial charge in [0.15, 0.2) is 26.2 Å². The van der Waals surface area contributed by atoms with Crippen LogP contribution < -0.4 is 0 Å². The third kappa shape index (κ3) is 3.80. The lowest BCUT2D eigenvalue weighted by molar-refractivity contribution is -0.0384. The third-order valence-electron chi connectivity index (χ3n) is 4.62. The molecular weight excluding hydrogens is 429 g/mol. The van der Waals surface area contributed by atoms with E-state index < -0.39 is 31.0 Å². The number of alkyl halides is 3. The second-order valence-electron chi connectivity index (χ2n) is 6.66. The molecule has 1 aliphatic carbocycles. The summed E-state index contributed by atoms with van der Waals surface area (Å²) in [5, 5.41) is 0. The quantitative estimate of drug-likeness (QED) is 0.586. The van der Waals surface area contributed by atoms with Gasteiger partial charge in [-0.15, -0.1) is 0 Å². The minimum atomic E-state index is -4.90. The molecule has 1 unspecified atom stereocenters. The summed E-state index contributed by atoms with van der Waals surface area (Å²) in [6.45, 7) is 1.51. The molecule has 0 amide bonds. The summed E-state index contributed by atoms with van der Waals surface area (Å²) in [5.41, 5.74) is -3.91. The summed E-state index contributed by atoms with van der Waals surface area (Å²) >= 11 is 0. The van der Waals surface area contributed by atoms with Gasteiger partial charge in [-0.1, -0.05) is 6.92 Å². The van der Waals surface area contributed by atoms with Crippen LogP contribution >= 0.6 is 0 Å². The van der Waals surface area contributed by atoms with Crippen molar-refractivity contribution in [2.75, 3.05) is 5.75 Å². The van der Waals surface area contributed by atoms with E-state index in [2.05, 4.69) is 9.97 Å². The first-order chi connectivity index (χ1) is 13.6. The fourth-order valence-electron chi connectivity index (χ4n) is 2.91. The summed E-state index contributed by atoms with van der Waals surface area (Å²) in [7, 11) is -6.85. The van der Waals surface area contributed by atoms with Crippen LogP contribution in [0.2, 0.25) is 0 Å². The Kier molecular flexibility index (Phi) is 4.77. The number of oxazole rings is 1. The Morgan fingerprint density at radius 2 is 1.97 bits per heavy atom. The van der Waals surface area contributed by atoms with Crippen molar-refractivity contribution >= 4 is 31.7 Å². The Morgan fingerprint density at radius 3 is 2.59 bits per heavy atom. The molecule has 6 nitrogen and oxygen atoms in total. The van der Waals surface area contributed by atoms with E-state index in [1.54, 1.807) is 12.3 Å². The molecule has 1 fully saturated rings. The van der Waals surface area contributed by atoms with E-state index in [4.69, 9.17) is 4.42 Å². The highest BCUT2D eigenvalue weighted by molar-refractivity contribution is 7.91. The molecule has 154 valence electrons. The van der Waals surface area contributed by atoms with Crippen LogP contribution in [0, 0.1) is 0 Å². The molecule has 1 atom stereocenters. The summed E-state index contributed by atoms with van der Waals surface area (Å²) in [6, 6.07) is 4.84. The number of fused-ring (bicyclic) bond motifs is 1. The average molecular weight is 444 g/mol. The van der Waals surface area contributed by atoms with Crippen molar-refractivity contribution < 1.29 is 30.2 Å². The van der Waals surface area contributed by atoms with Gasteiger partial charge in [0.2, 0.25) is 5.89 Å². The van der Waals surface area contributed by atoms with Crippen molar-refractivity contribution in [1.29, 1.82) is 0 Å². The Labute approximate surface area is 166 Å². The molecule has 1 aliphatic rings. The highest BCUT2D eigenvalue weighted by Gasteiger charge is 2.38. The summed E-state index contributed by atoms with van der Waals surface area (Å²) < 4.78 is 80.4. The smallest absolute Gasteiger partial charge is 0.435 e. The molecule has 2 heterocycles. The van der Waals surface area contributed by atoms with Crippen molar-refractivity contribution in [2.24, 2.45) is 0 Å². The van der Waals surface area contributed by atoms with Gasteiger partial charge in [0, 0.05) is 6.20 Å². The molecule has 11 heteroatoms. The van der Waals surface area contributed by atoms with Crippen molar-refractivity contribution in [3.63, 3.8) is 0 Å². The number of benzene rings is 1. The summed E-state index contributed by atoms with van der Waals surface area (Å²) in [6.07, 6.45) is 3.50. The highest BCUT2D eigenvalue weighted by atomic mass is 32.2. The van der Waals surface area contributed by atoms with Gasteiger partial charge in [-0.25, -0.2) is 22.6 Å². The van der Waals surface area contributed by atoms with E-state index in [0.29, 0.717) is 0 Å². The molecule has 0 radical (unpaired) electrons. The standard InChI is InChI=1S/C18H15F3N2O4S2/c1-2-29(25,26)15-7-11(10-3-4-10)9-22-16(15)17-23-13-8-12(5-6-14(13)27-17)28(24)18(19,20)21/h5-10H,2-4H2,1H3. The van der Waals surface area contributed by atoms with Crippen LogP contribution in [0.25, 0.3) is 22.7 Å². The Bertz CT molecular complexity index is 1230. The van der Waals surface area contributed by atoms with Crippen LogP contribution in [-0.2, 0) is 20.6 Å². The molecule has 0 N–H and O–H groups in total. The fraction of sp³-hybridized carbons (Fsp3) is 0.333. The van der Waals surface area contributed by atoms with Gasteiger partial charge in [-0.05, 0) is 48.6 Å². The number of rotatable bonds is 5. The SMILES string of the molecule is CCS(=O)(=O)c1cc(C2CC2)cnc1-c1nc2cc(S(=O)C(F)(F)F)ccc2o1. The van der Waals surface area contributed by atoms with Gasteiger partial charge in [0.05, 0.1) is 15.5 Å². The number of aromatic nitrogens is 2. The second kappa shape index (κ2) is 6.91. The summed E-state index contributed by atoms with van der Waals surface area (Å²) in [5.74, 6) is 0.0142. The van der Waals surface area contributed by atoms with E-state index in [0.717, 1.165) is 30.5 Å². The van der Waals surface area contributed by atoms with Crippen LogP contribution in [0.15, 0.2) is 44.7 Å². The normalized spacial score (nSPS) is 16.3. The topological polar surface area (TPSA) is 90.1 Å². The van der Waals surface area contributed by atoms with Gasteiger partial charge >= 0.3 is 5.51 Å². The first-order valence-corrected chi connectivity index (χ1v) is 11.5. The fourth-order valence-corrected chi connectivity index (χ4v) is 4.65. The minimum absolute atomic E-state index is 0.00550. The first-order valence-electron chi connectivity index (χ1n) is 8.72. The van der Waals surface area contributed by atoms with Gasteiger partial charge in [0.25, 0.3) is 0 Å². The molecule has 0 saturated heterocycles. The molecule has 1 aromatic carbocycles. The van der Waals surface area contributed by atoms with E-state index in [1.165, 1.54) is 13.0 Å². The highest BCUT2D eigenvalue weighted by Crippen LogP contribution is 2.41. The molecule has 2 aromatic heterocycles. The van der Waals surface area contributed by atoms with Crippen LogP contribution in [0.3, 0.4) is 0 Å². The number of pyridine rings is 1. The molecule has 3 aromatic rings. The minimum Gasteiger partial charge on any atom is -0.435 e. The maximum absolute atomic E-state index is 12.7. The zero-order valence-electron chi connectivity index (χ0n) is 15.1. The molecule has 4 rings (SSSR count). The van der Waals surface area contributed by atoms with E-state index in [1.807, 2.05) is 0 Å². The van der Waals surface area contributed by atoms with Crippen molar-refractivity contribution in [2.45, 2.75) is 41.0 Å². The van der Waals surface area contributed by atoms with Crippen molar-refractivity contribution in [1.82, 2.24) is 9.97 Å². The Morgan fingerprint density at radius 1 is 1.24 bits per heavy atom. The second-order valence-corrected chi connectivity index (χ2v) is 10.4. The maximum atomic E-state index is 12.7. The van der Waals surface area contributed by atoms with Crippen LogP contribution in [0.1, 0.15) is 31.2 Å². The molecule has 0 aliphatic heterocycles. The molecule has 1 saturated carbocycles. The zero-order chi connectivity index (χ0) is 21.0. The zero-order valence-corrected chi connectivity index (χ0v) is 16.7. The number of sulfone groups is 1. The van der Waals surface area contributed by atoms with Crippen LogP contribution in [0.4, 0.5) is 13.2 Å². The number of hydrogen-bond donors (Lipinski definition) is 0. The van der Waals surface area contributed by atoms with Gasteiger partial charge < -0.3 is 4.42 Å². The first kappa shape index (κ1) is 20.0. The number of hydrogen-bond acceptors (Lipinski definition) is 6. The Balaban J connectivity index is 1.83. The number of nitrogens with zero attached hydrogens (tertiary/aromatic N) is 2. The average Bonchev–Trinajstić information content (AvgIpc) is 3.44. The predicted molar refractivity (Wildman–Crippen MR) is 99.4 cm³/mol. The lowest BCUT2D eigenvalue weighted by Crippen LogP contribution is -2.16. The third-order valence-corrected chi connectivity index (χ3v) is 7.47. The number of halogens is 3. The Hall–Kier alpha value is -2.27. The van der Waals surface area contributed by atoms with E-state index in [9.17, 15) is 25.8 Å². The van der Waals surface area contributed by atoms with Gasteiger partial charge in [-0.3, -0.25) is 0 Å². The molecule has 0 spiro atoms. The molecule has 29 heavy (non-hydrogen) atoms. The van der Waals surface area contributed by atoms with Gasteiger partial charge in [0.1, 0.15) is 11.2 Å². The molecule has 0 bridgehead atoms. The molecular formula is C18H15F3N2O4S2. The van der Waals surface area contributed by atoms with Crippen molar-refractivity contribution in [3.05, 3.63) is 36.0 Å². The largest absolute Gasteiger partial charge is 0.475 e. The van der Waals surface area contributed by atoms with Crippen LogP contribution in [-0.4, -0.2) is 33.9 Å². The maximum Gasteiger partial charge on any atom is 0.475 e. The van der Waals surface area contributed by atoms with Crippen molar-refractivity contribution in [3.8, 4) is 11.6 Å². The van der Waals surface area contributed by atoms with E-state index in [-0.39, 0.29) is 39.3 Å². The lowest BCUT2D eigenvalue weighted by atomic mass is 10.2. The van der Waals surface area contributed by atoms with E-state index >= 15 is 0 Å². The monoisotopic (exact) mass is 444 g/mol. The lowest BCUT2D eigenvalue weighted by Gasteiger charge is -2.08. The summed E-state index contributed by atoms with van der Waals surface area (Å²) in [4.78, 5) is 7.86. The van der Waals surface area contributed by atoms with Gasteiger partial charge in [-0.2, -0.15) is 13.2 Å². The van der Waals surface area contributed by atoms with Crippen LogP contribution in [0.5, 0.6) is 0 Å².